The normalized spacial score (nSPS) is 23.9. The lowest BCUT2D eigenvalue weighted by Crippen LogP contribution is -2.63. The molecule has 2 aliphatic rings. The topological polar surface area (TPSA) is 87.2 Å². The number of hydrogen-bond donors (Lipinski definition) is 1. The van der Waals surface area contributed by atoms with Gasteiger partial charge in [-0.05, 0) is 20.8 Å². The number of hydrogen-bond acceptors (Lipinski definition) is 4. The van der Waals surface area contributed by atoms with Crippen LogP contribution in [0.2, 0.25) is 0 Å². The van der Waals surface area contributed by atoms with Gasteiger partial charge >= 0.3 is 12.1 Å². The van der Waals surface area contributed by atoms with E-state index in [0.29, 0.717) is 19.6 Å². The first-order chi connectivity index (χ1) is 9.54. The van der Waals surface area contributed by atoms with Crippen molar-refractivity contribution in [2.75, 3.05) is 26.2 Å². The third-order valence-corrected chi connectivity index (χ3v) is 4.05. The number of aliphatic carboxylic acids is 1. The van der Waals surface area contributed by atoms with Crippen molar-refractivity contribution in [1.29, 1.82) is 0 Å². The average Bonchev–Trinajstić information content (AvgIpc) is 2.64. The quantitative estimate of drug-likeness (QED) is 0.773. The van der Waals surface area contributed by atoms with Crippen LogP contribution in [0.3, 0.4) is 0 Å². The Labute approximate surface area is 123 Å². The molecule has 0 aromatic rings. The van der Waals surface area contributed by atoms with E-state index in [9.17, 15) is 19.5 Å². The van der Waals surface area contributed by atoms with E-state index in [4.69, 9.17) is 4.74 Å². The van der Waals surface area contributed by atoms with E-state index in [1.54, 1.807) is 25.7 Å². The highest BCUT2D eigenvalue weighted by Gasteiger charge is 2.59. The summed E-state index contributed by atoms with van der Waals surface area (Å²) in [5.41, 5.74) is -1.11. The van der Waals surface area contributed by atoms with Gasteiger partial charge in [-0.25, -0.2) is 4.79 Å². The molecule has 2 amide bonds. The lowest BCUT2D eigenvalue weighted by atomic mass is 9.72. The van der Waals surface area contributed by atoms with Gasteiger partial charge in [0.1, 0.15) is 5.60 Å². The predicted molar refractivity (Wildman–Crippen MR) is 73.6 cm³/mol. The Balaban J connectivity index is 2.03. The highest BCUT2D eigenvalue weighted by Crippen LogP contribution is 2.44. The fraction of sp³-hybridized carbons (Fsp3) is 0.786. The smallest absolute Gasteiger partial charge is 0.410 e. The molecule has 1 N–H and O–H groups in total. The summed E-state index contributed by atoms with van der Waals surface area (Å²) in [5.74, 6) is -1.67. The van der Waals surface area contributed by atoms with E-state index in [1.165, 1.54) is 11.8 Å². The number of carbonyl (C=O) groups is 3. The lowest BCUT2D eigenvalue weighted by molar-refractivity contribution is -0.149. The van der Waals surface area contributed by atoms with Crippen molar-refractivity contribution in [3.63, 3.8) is 0 Å². The molecule has 2 saturated heterocycles. The molecule has 2 rings (SSSR count). The Morgan fingerprint density at radius 3 is 2.10 bits per heavy atom. The van der Waals surface area contributed by atoms with Gasteiger partial charge in [0.2, 0.25) is 5.91 Å². The molecular formula is C14H22N2O5. The van der Waals surface area contributed by atoms with Crippen LogP contribution in [-0.4, -0.2) is 64.7 Å². The fourth-order valence-corrected chi connectivity index (χ4v) is 3.04. The summed E-state index contributed by atoms with van der Waals surface area (Å²) in [6.07, 6.45) is -0.432. The number of carboxylic acid groups (broad SMARTS) is 1. The monoisotopic (exact) mass is 298 g/mol. The molecular weight excluding hydrogens is 276 g/mol. The van der Waals surface area contributed by atoms with Crippen LogP contribution in [0.5, 0.6) is 0 Å². The van der Waals surface area contributed by atoms with Gasteiger partial charge in [-0.2, -0.15) is 0 Å². The zero-order chi connectivity index (χ0) is 16.0. The van der Waals surface area contributed by atoms with E-state index in [1.807, 2.05) is 0 Å². The van der Waals surface area contributed by atoms with Crippen LogP contribution in [0.15, 0.2) is 0 Å². The zero-order valence-electron chi connectivity index (χ0n) is 12.9. The minimum atomic E-state index is -0.914. The van der Waals surface area contributed by atoms with Crippen molar-refractivity contribution in [2.24, 2.45) is 11.3 Å². The molecule has 0 radical (unpaired) electrons. The first-order valence-corrected chi connectivity index (χ1v) is 7.00. The number of rotatable bonds is 1. The lowest BCUT2D eigenvalue weighted by Gasteiger charge is -2.49. The molecule has 21 heavy (non-hydrogen) atoms. The molecule has 0 saturated carbocycles. The van der Waals surface area contributed by atoms with Crippen molar-refractivity contribution < 1.29 is 24.2 Å². The Morgan fingerprint density at radius 2 is 1.67 bits per heavy atom. The van der Waals surface area contributed by atoms with Crippen LogP contribution in [-0.2, 0) is 14.3 Å². The molecule has 7 heteroatoms. The van der Waals surface area contributed by atoms with Crippen LogP contribution < -0.4 is 0 Å². The van der Waals surface area contributed by atoms with Gasteiger partial charge in [0.05, 0.1) is 5.92 Å². The molecule has 7 nitrogen and oxygen atoms in total. The van der Waals surface area contributed by atoms with Crippen molar-refractivity contribution in [1.82, 2.24) is 9.80 Å². The van der Waals surface area contributed by atoms with E-state index in [-0.39, 0.29) is 12.5 Å². The molecule has 0 aromatic heterocycles. The molecule has 2 fully saturated rings. The second-order valence-corrected chi connectivity index (χ2v) is 6.99. The number of ether oxygens (including phenoxy) is 1. The minimum Gasteiger partial charge on any atom is -0.481 e. The molecule has 0 bridgehead atoms. The van der Waals surface area contributed by atoms with Gasteiger partial charge < -0.3 is 19.6 Å². The largest absolute Gasteiger partial charge is 0.481 e. The number of likely N-dealkylation sites (tertiary alicyclic amines) is 2. The van der Waals surface area contributed by atoms with Crippen LogP contribution in [0, 0.1) is 11.3 Å². The Bertz CT molecular complexity index is 476. The Hall–Kier alpha value is -1.79. The van der Waals surface area contributed by atoms with Crippen LogP contribution in [0.4, 0.5) is 4.79 Å². The van der Waals surface area contributed by atoms with Crippen LogP contribution >= 0.6 is 0 Å². The van der Waals surface area contributed by atoms with E-state index in [0.717, 1.165) is 0 Å². The maximum Gasteiger partial charge on any atom is 0.410 e. The molecule has 118 valence electrons. The van der Waals surface area contributed by atoms with E-state index >= 15 is 0 Å². The summed E-state index contributed by atoms with van der Waals surface area (Å²) >= 11 is 0. The second kappa shape index (κ2) is 4.89. The van der Waals surface area contributed by atoms with Crippen molar-refractivity contribution in [2.45, 2.75) is 33.3 Å². The Kier molecular flexibility index (Phi) is 3.63. The van der Waals surface area contributed by atoms with Gasteiger partial charge in [0, 0.05) is 38.5 Å². The highest BCUT2D eigenvalue weighted by molar-refractivity contribution is 5.79. The SMILES string of the molecule is CC(=O)N1C[C@@H](C(=O)O)C2(C1)CN(C(=O)OC(C)(C)C)C2. The molecule has 0 unspecified atom stereocenters. The molecule has 2 heterocycles. The van der Waals surface area contributed by atoms with Crippen molar-refractivity contribution in [3.05, 3.63) is 0 Å². The van der Waals surface area contributed by atoms with Crippen LogP contribution in [0.25, 0.3) is 0 Å². The molecule has 1 atom stereocenters. The van der Waals surface area contributed by atoms with E-state index < -0.39 is 29.0 Å². The van der Waals surface area contributed by atoms with Gasteiger partial charge in [-0.3, -0.25) is 9.59 Å². The summed E-state index contributed by atoms with van der Waals surface area (Å²) in [7, 11) is 0. The maximum absolute atomic E-state index is 11.9. The van der Waals surface area contributed by atoms with E-state index in [2.05, 4.69) is 0 Å². The average molecular weight is 298 g/mol. The summed E-state index contributed by atoms with van der Waals surface area (Å²) in [6.45, 7) is 8.04. The van der Waals surface area contributed by atoms with Gasteiger partial charge in [-0.15, -0.1) is 0 Å². The number of carbonyl (C=O) groups excluding carboxylic acids is 2. The molecule has 2 aliphatic heterocycles. The molecule has 0 aromatic carbocycles. The number of amides is 2. The number of nitrogens with zero attached hydrogens (tertiary/aromatic N) is 2. The number of carboxylic acids is 1. The third-order valence-electron chi connectivity index (χ3n) is 4.05. The maximum atomic E-state index is 11.9. The molecule has 0 aliphatic carbocycles. The van der Waals surface area contributed by atoms with Gasteiger partial charge in [-0.1, -0.05) is 0 Å². The fourth-order valence-electron chi connectivity index (χ4n) is 3.04. The second-order valence-electron chi connectivity index (χ2n) is 6.99. The van der Waals surface area contributed by atoms with Gasteiger partial charge in [0.15, 0.2) is 0 Å². The summed E-state index contributed by atoms with van der Waals surface area (Å²) in [5, 5.41) is 9.35. The highest BCUT2D eigenvalue weighted by atomic mass is 16.6. The standard InChI is InChI=1S/C14H22N2O5/c1-9(17)15-5-10(11(18)19)14(6-15)7-16(8-14)12(20)21-13(2,3)4/h10H,5-8H2,1-4H3,(H,18,19)/t10-/m0/s1. The predicted octanol–water partition coefficient (Wildman–Crippen LogP) is 0.786. The zero-order valence-corrected chi connectivity index (χ0v) is 12.9. The van der Waals surface area contributed by atoms with Crippen molar-refractivity contribution >= 4 is 18.0 Å². The molecule has 1 spiro atoms. The first kappa shape index (κ1) is 15.6. The summed E-state index contributed by atoms with van der Waals surface area (Å²) < 4.78 is 5.27. The third kappa shape index (κ3) is 2.96. The Morgan fingerprint density at radius 1 is 1.14 bits per heavy atom. The van der Waals surface area contributed by atoms with Crippen molar-refractivity contribution in [3.8, 4) is 0 Å². The first-order valence-electron chi connectivity index (χ1n) is 7.00. The summed E-state index contributed by atoms with van der Waals surface area (Å²) in [4.78, 5) is 37.9. The van der Waals surface area contributed by atoms with Crippen LogP contribution in [0.1, 0.15) is 27.7 Å². The summed E-state index contributed by atoms with van der Waals surface area (Å²) in [6, 6.07) is 0. The minimum absolute atomic E-state index is 0.131. The van der Waals surface area contributed by atoms with Gasteiger partial charge in [0.25, 0.3) is 0 Å².